The van der Waals surface area contributed by atoms with Gasteiger partial charge in [-0.1, -0.05) is 44.2 Å². The molecule has 2 atom stereocenters. The second kappa shape index (κ2) is 9.38. The molecule has 184 valence electrons. The fraction of sp³-hybridized carbons (Fsp3) is 0.333. The highest BCUT2D eigenvalue weighted by Gasteiger charge is 2.58. The van der Waals surface area contributed by atoms with E-state index < -0.39 is 53.4 Å². The first-order valence-electron chi connectivity index (χ1n) is 10.6. The molecule has 0 spiro atoms. The van der Waals surface area contributed by atoms with Crippen molar-refractivity contribution in [2.75, 3.05) is 18.6 Å². The summed E-state index contributed by atoms with van der Waals surface area (Å²) in [5, 5.41) is 9.06. The molecule has 0 aliphatic carbocycles. The highest BCUT2D eigenvalue weighted by atomic mass is 19.4. The molecule has 1 aliphatic heterocycles. The Morgan fingerprint density at radius 3 is 2.34 bits per heavy atom. The molecule has 0 bridgehead atoms. The molecule has 0 saturated carbocycles. The Balaban J connectivity index is 2.11. The van der Waals surface area contributed by atoms with Crippen molar-refractivity contribution in [3.8, 4) is 6.07 Å². The molecule has 1 heterocycles. The summed E-state index contributed by atoms with van der Waals surface area (Å²) in [6.45, 7) is 2.82. The first-order chi connectivity index (χ1) is 16.4. The minimum atomic E-state index is -4.89. The Bertz CT molecular complexity index is 1190. The Hall–Kier alpha value is -3.91. The van der Waals surface area contributed by atoms with Crippen LogP contribution in [-0.2, 0) is 26.0 Å². The van der Waals surface area contributed by atoms with Crippen molar-refractivity contribution >= 4 is 23.6 Å². The van der Waals surface area contributed by atoms with Crippen LogP contribution in [0.5, 0.6) is 0 Å². The third-order valence-electron chi connectivity index (χ3n) is 5.96. The fourth-order valence-corrected chi connectivity index (χ4v) is 3.78. The van der Waals surface area contributed by atoms with Crippen molar-refractivity contribution in [2.24, 2.45) is 11.7 Å². The van der Waals surface area contributed by atoms with Gasteiger partial charge >= 0.3 is 18.2 Å². The lowest BCUT2D eigenvalue weighted by atomic mass is 9.89. The SMILES string of the molecule is CC(C)[C@H](N)C(=O)OC[C@@]1(c2ccccc2)C(=O)N(c2ccc(C#N)c(C(F)(F)F)c2)C(=O)N1C. The van der Waals surface area contributed by atoms with Gasteiger partial charge in [-0.2, -0.15) is 18.4 Å². The second-order valence-corrected chi connectivity index (χ2v) is 8.43. The van der Waals surface area contributed by atoms with Crippen molar-refractivity contribution < 1.29 is 32.3 Å². The van der Waals surface area contributed by atoms with Crippen molar-refractivity contribution in [3.63, 3.8) is 0 Å². The number of imide groups is 1. The molecule has 0 aromatic heterocycles. The van der Waals surface area contributed by atoms with Gasteiger partial charge in [0.25, 0.3) is 5.91 Å². The number of carbonyl (C=O) groups excluding carboxylic acids is 3. The standard InChI is InChI=1S/C24H23F3N4O4/c1-14(2)19(29)20(32)35-13-23(16-7-5-4-6-8-16)21(33)31(22(34)30(23)3)17-10-9-15(12-28)18(11-17)24(25,26)27/h4-11,14,19H,13,29H2,1-3H3/t19-,23+/m0/s1. The number of nitrogens with zero attached hydrogens (tertiary/aromatic N) is 3. The summed E-state index contributed by atoms with van der Waals surface area (Å²) in [5.41, 5.74) is 1.97. The average Bonchev–Trinajstić information content (AvgIpc) is 3.02. The number of hydrogen-bond donors (Lipinski definition) is 1. The number of hydrogen-bond acceptors (Lipinski definition) is 6. The highest BCUT2D eigenvalue weighted by molar-refractivity contribution is 6.23. The third-order valence-corrected chi connectivity index (χ3v) is 5.96. The maximum absolute atomic E-state index is 13.8. The number of halogens is 3. The number of nitrogens with two attached hydrogens (primary N) is 1. The number of benzene rings is 2. The molecule has 3 rings (SSSR count). The van der Waals surface area contributed by atoms with Gasteiger partial charge in [0.1, 0.15) is 12.6 Å². The van der Waals surface area contributed by atoms with Gasteiger partial charge in [-0.15, -0.1) is 0 Å². The number of ether oxygens (including phenoxy) is 1. The molecule has 0 unspecified atom stereocenters. The van der Waals surface area contributed by atoms with Crippen LogP contribution in [0.4, 0.5) is 23.7 Å². The maximum Gasteiger partial charge on any atom is 0.417 e. The molecule has 0 radical (unpaired) electrons. The van der Waals surface area contributed by atoms with E-state index in [0.29, 0.717) is 16.5 Å². The minimum Gasteiger partial charge on any atom is -0.461 e. The van der Waals surface area contributed by atoms with E-state index in [1.165, 1.54) is 13.1 Å². The van der Waals surface area contributed by atoms with Crippen LogP contribution in [0.25, 0.3) is 0 Å². The number of amides is 3. The molecular formula is C24H23F3N4O4. The lowest BCUT2D eigenvalue weighted by Crippen LogP contribution is -2.50. The summed E-state index contributed by atoms with van der Waals surface area (Å²) in [6, 6.07) is 10.1. The molecule has 2 aromatic carbocycles. The zero-order valence-corrected chi connectivity index (χ0v) is 19.2. The number of urea groups is 1. The van der Waals surface area contributed by atoms with Crippen LogP contribution in [0.15, 0.2) is 48.5 Å². The zero-order chi connectivity index (χ0) is 26.1. The molecule has 3 amide bonds. The molecular weight excluding hydrogens is 465 g/mol. The first kappa shape index (κ1) is 25.7. The van der Waals surface area contributed by atoms with Crippen molar-refractivity contribution in [3.05, 3.63) is 65.2 Å². The number of esters is 1. The van der Waals surface area contributed by atoms with Gasteiger partial charge in [-0.25, -0.2) is 9.69 Å². The van der Waals surface area contributed by atoms with Crippen LogP contribution in [-0.4, -0.2) is 42.5 Å². The Labute approximate surface area is 199 Å². The normalized spacial score (nSPS) is 19.2. The number of anilines is 1. The lowest BCUT2D eigenvalue weighted by Gasteiger charge is -2.33. The number of rotatable bonds is 6. The Morgan fingerprint density at radius 1 is 1.17 bits per heavy atom. The van der Waals surface area contributed by atoms with E-state index in [2.05, 4.69) is 0 Å². The van der Waals surface area contributed by atoms with Crippen LogP contribution in [0.1, 0.15) is 30.5 Å². The fourth-order valence-electron chi connectivity index (χ4n) is 3.78. The van der Waals surface area contributed by atoms with Crippen LogP contribution >= 0.6 is 0 Å². The van der Waals surface area contributed by atoms with E-state index in [1.54, 1.807) is 44.2 Å². The molecule has 1 fully saturated rings. The Morgan fingerprint density at radius 2 is 1.80 bits per heavy atom. The summed E-state index contributed by atoms with van der Waals surface area (Å²) in [6.07, 6.45) is -4.89. The highest BCUT2D eigenvalue weighted by Crippen LogP contribution is 2.41. The molecule has 11 heteroatoms. The van der Waals surface area contributed by atoms with Crippen LogP contribution in [0.3, 0.4) is 0 Å². The number of likely N-dealkylation sites (N-methyl/N-ethyl adjacent to an activating group) is 1. The van der Waals surface area contributed by atoms with E-state index in [0.717, 1.165) is 17.0 Å². The van der Waals surface area contributed by atoms with Gasteiger partial charge in [0, 0.05) is 7.05 Å². The molecule has 1 saturated heterocycles. The van der Waals surface area contributed by atoms with Gasteiger partial charge in [0.05, 0.1) is 22.9 Å². The molecule has 1 aliphatic rings. The van der Waals surface area contributed by atoms with E-state index in [4.69, 9.17) is 15.7 Å². The monoisotopic (exact) mass is 488 g/mol. The Kier molecular flexibility index (Phi) is 6.89. The first-order valence-corrected chi connectivity index (χ1v) is 10.6. The maximum atomic E-state index is 13.8. The molecule has 2 aromatic rings. The molecule has 2 N–H and O–H groups in total. The summed E-state index contributed by atoms with van der Waals surface area (Å²) < 4.78 is 45.9. The number of alkyl halides is 3. The van der Waals surface area contributed by atoms with E-state index in [1.807, 2.05) is 0 Å². The van der Waals surface area contributed by atoms with E-state index in [9.17, 15) is 27.6 Å². The number of carbonyl (C=O) groups is 3. The molecule has 8 nitrogen and oxygen atoms in total. The smallest absolute Gasteiger partial charge is 0.417 e. The predicted octanol–water partition coefficient (Wildman–Crippen LogP) is 3.40. The number of nitriles is 1. The average molecular weight is 488 g/mol. The van der Waals surface area contributed by atoms with E-state index in [-0.39, 0.29) is 11.6 Å². The van der Waals surface area contributed by atoms with Gasteiger partial charge in [-0.3, -0.25) is 9.59 Å². The quantitative estimate of drug-likeness (QED) is 0.492. The van der Waals surface area contributed by atoms with Gasteiger partial charge in [0.2, 0.25) is 0 Å². The summed E-state index contributed by atoms with van der Waals surface area (Å²) in [4.78, 5) is 41.1. The third kappa shape index (κ3) is 4.44. The largest absolute Gasteiger partial charge is 0.461 e. The summed E-state index contributed by atoms with van der Waals surface area (Å²) in [7, 11) is 1.29. The minimum absolute atomic E-state index is 0.259. The predicted molar refractivity (Wildman–Crippen MR) is 119 cm³/mol. The van der Waals surface area contributed by atoms with Crippen molar-refractivity contribution in [2.45, 2.75) is 31.6 Å². The lowest BCUT2D eigenvalue weighted by molar-refractivity contribution is -0.151. The van der Waals surface area contributed by atoms with Gasteiger partial charge in [-0.05, 0) is 29.7 Å². The van der Waals surface area contributed by atoms with Crippen molar-refractivity contribution in [1.82, 2.24) is 4.90 Å². The zero-order valence-electron chi connectivity index (χ0n) is 19.2. The summed E-state index contributed by atoms with van der Waals surface area (Å²) in [5.74, 6) is -1.97. The van der Waals surface area contributed by atoms with E-state index >= 15 is 0 Å². The molecule has 35 heavy (non-hydrogen) atoms. The van der Waals surface area contributed by atoms with Crippen molar-refractivity contribution in [1.29, 1.82) is 5.26 Å². The topological polar surface area (TPSA) is 117 Å². The van der Waals surface area contributed by atoms with Crippen LogP contribution < -0.4 is 10.6 Å². The van der Waals surface area contributed by atoms with Gasteiger partial charge < -0.3 is 15.4 Å². The van der Waals surface area contributed by atoms with Crippen LogP contribution in [0.2, 0.25) is 0 Å². The second-order valence-electron chi connectivity index (χ2n) is 8.43. The van der Waals surface area contributed by atoms with Crippen LogP contribution in [0, 0.1) is 17.2 Å². The van der Waals surface area contributed by atoms with Gasteiger partial charge in [0.15, 0.2) is 5.54 Å². The summed E-state index contributed by atoms with van der Waals surface area (Å²) >= 11 is 0.